The highest BCUT2D eigenvalue weighted by molar-refractivity contribution is 6.31. The summed E-state index contributed by atoms with van der Waals surface area (Å²) in [6.45, 7) is 4.52. The van der Waals surface area contributed by atoms with Crippen molar-refractivity contribution in [2.45, 2.75) is 62.4 Å². The number of nitrogens with zero attached hydrogens (tertiary/aromatic N) is 3. The lowest BCUT2D eigenvalue weighted by molar-refractivity contribution is -0.139. The number of rotatable bonds is 3. The first-order chi connectivity index (χ1) is 14.1. The number of hydrogen-bond donors (Lipinski definition) is 0. The Bertz CT molecular complexity index is 801. The minimum Gasteiger partial charge on any atom is -0.342 e. The normalized spacial score (nSPS) is 30.9. The van der Waals surface area contributed by atoms with Gasteiger partial charge in [0.1, 0.15) is 0 Å². The maximum absolute atomic E-state index is 14.0. The van der Waals surface area contributed by atoms with Gasteiger partial charge in [-0.15, -0.1) is 0 Å². The summed E-state index contributed by atoms with van der Waals surface area (Å²) in [5.41, 5.74) is 0.204. The molecular formula is C23H30ClN3O2. The van der Waals surface area contributed by atoms with Gasteiger partial charge in [-0.2, -0.15) is 0 Å². The number of piperidine rings is 1. The second-order valence-corrected chi connectivity index (χ2v) is 9.65. The van der Waals surface area contributed by atoms with E-state index in [0.717, 1.165) is 37.9 Å². The van der Waals surface area contributed by atoms with Crippen LogP contribution in [0.1, 0.15) is 50.5 Å². The predicted octanol–water partition coefficient (Wildman–Crippen LogP) is 3.06. The van der Waals surface area contributed by atoms with E-state index in [1.807, 2.05) is 29.2 Å². The predicted molar refractivity (Wildman–Crippen MR) is 113 cm³/mol. The minimum absolute atomic E-state index is 0.171. The molecule has 2 amide bonds. The maximum Gasteiger partial charge on any atom is 0.235 e. The van der Waals surface area contributed by atoms with Crippen LogP contribution in [0.4, 0.5) is 0 Å². The van der Waals surface area contributed by atoms with Gasteiger partial charge in [-0.25, -0.2) is 0 Å². The Morgan fingerprint density at radius 1 is 1.00 bits per heavy atom. The van der Waals surface area contributed by atoms with Gasteiger partial charge in [0, 0.05) is 43.2 Å². The van der Waals surface area contributed by atoms with Gasteiger partial charge in [-0.1, -0.05) is 29.8 Å². The molecule has 29 heavy (non-hydrogen) atoms. The smallest absolute Gasteiger partial charge is 0.235 e. The van der Waals surface area contributed by atoms with Crippen LogP contribution in [0.25, 0.3) is 0 Å². The highest BCUT2D eigenvalue weighted by Gasteiger charge is 2.55. The molecule has 2 atom stereocenters. The fourth-order valence-corrected chi connectivity index (χ4v) is 6.45. The Balaban J connectivity index is 1.40. The third-order valence-electron chi connectivity index (χ3n) is 7.68. The first kappa shape index (κ1) is 19.4. The zero-order valence-electron chi connectivity index (χ0n) is 17.0. The van der Waals surface area contributed by atoms with Crippen molar-refractivity contribution in [3.8, 4) is 0 Å². The quantitative estimate of drug-likeness (QED) is 0.762. The molecule has 0 N–H and O–H groups in total. The standard InChI is InChI=1S/C23H30ClN3O2/c24-20-6-2-1-5-19(20)23(15-18-7-8-21(28)27(18)16-23)22(29)26-13-9-17(10-14-26)25-11-3-4-12-25/h1-2,5-6,17-18H,3-4,7-16H2. The van der Waals surface area contributed by atoms with E-state index in [-0.39, 0.29) is 17.9 Å². The molecule has 1 aromatic carbocycles. The van der Waals surface area contributed by atoms with E-state index >= 15 is 0 Å². The summed E-state index contributed by atoms with van der Waals surface area (Å²) in [6.07, 6.45) is 6.88. The Morgan fingerprint density at radius 3 is 2.41 bits per heavy atom. The van der Waals surface area contributed by atoms with Gasteiger partial charge in [0.15, 0.2) is 0 Å². The zero-order chi connectivity index (χ0) is 20.0. The van der Waals surface area contributed by atoms with E-state index in [9.17, 15) is 9.59 Å². The maximum atomic E-state index is 14.0. The lowest BCUT2D eigenvalue weighted by Gasteiger charge is -2.41. The van der Waals surface area contributed by atoms with Gasteiger partial charge in [-0.3, -0.25) is 9.59 Å². The van der Waals surface area contributed by atoms with Crippen LogP contribution >= 0.6 is 11.6 Å². The number of likely N-dealkylation sites (tertiary alicyclic amines) is 2. The first-order valence-corrected chi connectivity index (χ1v) is 11.5. The van der Waals surface area contributed by atoms with E-state index < -0.39 is 5.41 Å². The Morgan fingerprint density at radius 2 is 1.72 bits per heavy atom. The fraction of sp³-hybridized carbons (Fsp3) is 0.652. The average molecular weight is 416 g/mol. The van der Waals surface area contributed by atoms with E-state index in [0.29, 0.717) is 30.5 Å². The highest BCUT2D eigenvalue weighted by Crippen LogP contribution is 2.46. The fourth-order valence-electron chi connectivity index (χ4n) is 6.14. The van der Waals surface area contributed by atoms with Crippen molar-refractivity contribution in [3.63, 3.8) is 0 Å². The SMILES string of the molecule is O=C1CCC2CC(C(=O)N3CCC(N4CCCC4)CC3)(c3ccccc3Cl)CN12. The summed E-state index contributed by atoms with van der Waals surface area (Å²) in [6, 6.07) is 8.52. The molecule has 4 aliphatic heterocycles. The third-order valence-corrected chi connectivity index (χ3v) is 8.01. The molecule has 5 nitrogen and oxygen atoms in total. The number of carbonyl (C=O) groups is 2. The van der Waals surface area contributed by atoms with Gasteiger partial charge in [0.2, 0.25) is 11.8 Å². The second kappa shape index (κ2) is 7.59. The van der Waals surface area contributed by atoms with Crippen LogP contribution < -0.4 is 0 Å². The molecule has 1 aromatic rings. The molecule has 4 heterocycles. The summed E-state index contributed by atoms with van der Waals surface area (Å²) in [7, 11) is 0. The molecule has 4 fully saturated rings. The monoisotopic (exact) mass is 415 g/mol. The second-order valence-electron chi connectivity index (χ2n) is 9.25. The molecule has 0 bridgehead atoms. The minimum atomic E-state index is -0.695. The van der Waals surface area contributed by atoms with Gasteiger partial charge in [0.25, 0.3) is 0 Å². The van der Waals surface area contributed by atoms with Crippen molar-refractivity contribution in [1.29, 1.82) is 0 Å². The van der Waals surface area contributed by atoms with Crippen molar-refractivity contribution < 1.29 is 9.59 Å². The molecule has 4 aliphatic rings. The molecule has 2 unspecified atom stereocenters. The average Bonchev–Trinajstić information content (AvgIpc) is 3.47. The number of benzene rings is 1. The number of fused-ring (bicyclic) bond motifs is 1. The van der Waals surface area contributed by atoms with Gasteiger partial charge < -0.3 is 14.7 Å². The molecule has 0 spiro atoms. The Labute approximate surface area is 178 Å². The van der Waals surface area contributed by atoms with Crippen LogP contribution in [0.5, 0.6) is 0 Å². The Kier molecular flexibility index (Phi) is 5.07. The van der Waals surface area contributed by atoms with Gasteiger partial charge in [-0.05, 0) is 63.2 Å². The van der Waals surface area contributed by atoms with Crippen LogP contribution in [0.15, 0.2) is 24.3 Å². The summed E-state index contributed by atoms with van der Waals surface area (Å²) in [5, 5.41) is 0.640. The molecule has 4 saturated heterocycles. The van der Waals surface area contributed by atoms with E-state index in [1.54, 1.807) is 0 Å². The zero-order valence-corrected chi connectivity index (χ0v) is 17.7. The molecule has 156 valence electrons. The van der Waals surface area contributed by atoms with Crippen molar-refractivity contribution in [2.24, 2.45) is 0 Å². The molecular weight excluding hydrogens is 386 g/mol. The van der Waals surface area contributed by atoms with E-state index in [2.05, 4.69) is 9.80 Å². The third kappa shape index (κ3) is 3.27. The van der Waals surface area contributed by atoms with Crippen LogP contribution in [0.2, 0.25) is 5.02 Å². The lowest BCUT2D eigenvalue weighted by atomic mass is 9.76. The van der Waals surface area contributed by atoms with Crippen molar-refractivity contribution in [3.05, 3.63) is 34.9 Å². The van der Waals surface area contributed by atoms with Gasteiger partial charge >= 0.3 is 0 Å². The van der Waals surface area contributed by atoms with Crippen LogP contribution in [0.3, 0.4) is 0 Å². The summed E-state index contributed by atoms with van der Waals surface area (Å²) >= 11 is 6.60. The molecule has 0 radical (unpaired) electrons. The summed E-state index contributed by atoms with van der Waals surface area (Å²) < 4.78 is 0. The highest BCUT2D eigenvalue weighted by atomic mass is 35.5. The van der Waals surface area contributed by atoms with E-state index in [1.165, 1.54) is 25.9 Å². The molecule has 0 aromatic heterocycles. The number of amides is 2. The van der Waals surface area contributed by atoms with Crippen LogP contribution in [-0.4, -0.2) is 71.3 Å². The molecule has 0 saturated carbocycles. The van der Waals surface area contributed by atoms with Crippen molar-refractivity contribution in [2.75, 3.05) is 32.7 Å². The topological polar surface area (TPSA) is 43.9 Å². The molecule has 6 heteroatoms. The summed E-state index contributed by atoms with van der Waals surface area (Å²) in [4.78, 5) is 33.0. The Hall–Kier alpha value is -1.59. The van der Waals surface area contributed by atoms with Gasteiger partial charge in [0.05, 0.1) is 5.41 Å². The number of halogens is 1. The van der Waals surface area contributed by atoms with Crippen molar-refractivity contribution >= 4 is 23.4 Å². The first-order valence-electron chi connectivity index (χ1n) is 11.2. The van der Waals surface area contributed by atoms with Crippen LogP contribution in [0, 0.1) is 0 Å². The number of hydrogen-bond acceptors (Lipinski definition) is 3. The van der Waals surface area contributed by atoms with Crippen LogP contribution in [-0.2, 0) is 15.0 Å². The number of carbonyl (C=O) groups excluding carboxylic acids is 2. The van der Waals surface area contributed by atoms with E-state index in [4.69, 9.17) is 11.6 Å². The largest absolute Gasteiger partial charge is 0.342 e. The summed E-state index contributed by atoms with van der Waals surface area (Å²) in [5.74, 6) is 0.358. The lowest BCUT2D eigenvalue weighted by Crippen LogP contribution is -2.53. The van der Waals surface area contributed by atoms with Crippen molar-refractivity contribution in [1.82, 2.24) is 14.7 Å². The molecule has 5 rings (SSSR count). The molecule has 0 aliphatic carbocycles.